The zero-order valence-electron chi connectivity index (χ0n) is 21.2. The molecule has 0 aromatic heterocycles. The standard InChI is InChI=1S/C24H44N4O6/c1-5-20(29)17(4)10-6-7-12-22(31)28-18(23(25)32)11-8-9-15-26-21(30)14-13-19(24(33)34)27-16(2)3/h16-19,27H,5-15H2,1-4H3,(H2,25,32)(H,26,30)(H,28,31)(H,33,34). The zero-order chi connectivity index (χ0) is 26.1. The lowest BCUT2D eigenvalue weighted by atomic mass is 9.97. The number of hydrogen-bond acceptors (Lipinski definition) is 6. The zero-order valence-corrected chi connectivity index (χ0v) is 21.2. The van der Waals surface area contributed by atoms with E-state index in [4.69, 9.17) is 5.73 Å². The first-order valence-corrected chi connectivity index (χ1v) is 12.3. The summed E-state index contributed by atoms with van der Waals surface area (Å²) in [5.41, 5.74) is 5.40. The van der Waals surface area contributed by atoms with Crippen molar-refractivity contribution >= 4 is 29.5 Å². The van der Waals surface area contributed by atoms with Gasteiger partial charge in [-0.1, -0.05) is 34.1 Å². The molecule has 0 aliphatic heterocycles. The van der Waals surface area contributed by atoms with E-state index in [0.717, 1.165) is 12.8 Å². The lowest BCUT2D eigenvalue weighted by Gasteiger charge is -2.17. The van der Waals surface area contributed by atoms with E-state index < -0.39 is 24.0 Å². The summed E-state index contributed by atoms with van der Waals surface area (Å²) in [6.07, 6.45) is 4.79. The maximum absolute atomic E-state index is 12.1. The summed E-state index contributed by atoms with van der Waals surface area (Å²) in [6, 6.07) is -1.53. The molecule has 0 aromatic rings. The number of nitrogens with one attached hydrogen (secondary N) is 3. The van der Waals surface area contributed by atoms with Gasteiger partial charge in [0, 0.05) is 37.8 Å². The van der Waals surface area contributed by atoms with E-state index in [0.29, 0.717) is 38.6 Å². The molecule has 0 aromatic carbocycles. The first-order valence-electron chi connectivity index (χ1n) is 12.3. The molecule has 6 N–H and O–H groups in total. The summed E-state index contributed by atoms with van der Waals surface area (Å²) in [7, 11) is 0. The number of hydrogen-bond donors (Lipinski definition) is 5. The molecule has 0 heterocycles. The molecule has 10 heteroatoms. The van der Waals surface area contributed by atoms with Gasteiger partial charge in [0.1, 0.15) is 17.9 Å². The van der Waals surface area contributed by atoms with Gasteiger partial charge in [0.15, 0.2) is 0 Å². The molecular weight excluding hydrogens is 440 g/mol. The Morgan fingerprint density at radius 3 is 2.03 bits per heavy atom. The molecule has 0 aliphatic rings. The van der Waals surface area contributed by atoms with Crippen LogP contribution in [0.1, 0.15) is 91.9 Å². The van der Waals surface area contributed by atoms with Crippen molar-refractivity contribution in [3.05, 3.63) is 0 Å². The SMILES string of the molecule is CCC(=O)C(C)CCCCC(=O)NC(CCCCNC(=O)CCC(NC(C)C)C(=O)O)C(N)=O. The highest BCUT2D eigenvalue weighted by Crippen LogP contribution is 2.12. The summed E-state index contributed by atoms with van der Waals surface area (Å²) in [6.45, 7) is 7.82. The van der Waals surface area contributed by atoms with Gasteiger partial charge in [-0.2, -0.15) is 0 Å². The van der Waals surface area contributed by atoms with Crippen molar-refractivity contribution in [2.24, 2.45) is 11.7 Å². The number of rotatable bonds is 20. The van der Waals surface area contributed by atoms with Crippen LogP contribution in [0.4, 0.5) is 0 Å². The molecule has 3 atom stereocenters. The minimum Gasteiger partial charge on any atom is -0.480 e. The second kappa shape index (κ2) is 17.9. The van der Waals surface area contributed by atoms with Crippen LogP contribution in [0, 0.1) is 5.92 Å². The Labute approximate surface area is 203 Å². The summed E-state index contributed by atoms with van der Waals surface area (Å²) in [5.74, 6) is -1.83. The van der Waals surface area contributed by atoms with Crippen LogP contribution in [0.15, 0.2) is 0 Å². The monoisotopic (exact) mass is 484 g/mol. The van der Waals surface area contributed by atoms with Crippen molar-refractivity contribution < 1.29 is 29.1 Å². The molecule has 0 aliphatic carbocycles. The number of amides is 3. The molecule has 0 saturated carbocycles. The predicted octanol–water partition coefficient (Wildman–Crippen LogP) is 1.65. The third-order valence-corrected chi connectivity index (χ3v) is 5.60. The predicted molar refractivity (Wildman–Crippen MR) is 130 cm³/mol. The lowest BCUT2D eigenvalue weighted by molar-refractivity contribution is -0.140. The Morgan fingerprint density at radius 2 is 1.47 bits per heavy atom. The smallest absolute Gasteiger partial charge is 0.320 e. The van der Waals surface area contributed by atoms with Crippen molar-refractivity contribution in [3.8, 4) is 0 Å². The van der Waals surface area contributed by atoms with Gasteiger partial charge in [-0.3, -0.25) is 24.0 Å². The Balaban J connectivity index is 4.12. The van der Waals surface area contributed by atoms with E-state index in [1.807, 2.05) is 27.7 Å². The van der Waals surface area contributed by atoms with Crippen LogP contribution < -0.4 is 21.7 Å². The number of unbranched alkanes of at least 4 members (excludes halogenated alkanes) is 2. The Kier molecular flexibility index (Phi) is 16.6. The van der Waals surface area contributed by atoms with Gasteiger partial charge < -0.3 is 26.8 Å². The number of carbonyl (C=O) groups excluding carboxylic acids is 4. The minimum atomic E-state index is -0.984. The van der Waals surface area contributed by atoms with Gasteiger partial charge in [-0.05, 0) is 38.5 Å². The topological polar surface area (TPSA) is 168 Å². The number of aliphatic carboxylic acids is 1. The molecule has 3 unspecified atom stereocenters. The summed E-state index contributed by atoms with van der Waals surface area (Å²) < 4.78 is 0. The van der Waals surface area contributed by atoms with Crippen LogP contribution in [-0.4, -0.2) is 59.3 Å². The fraction of sp³-hybridized carbons (Fsp3) is 0.792. The van der Waals surface area contributed by atoms with Gasteiger partial charge in [0.25, 0.3) is 0 Å². The molecule has 10 nitrogen and oxygen atoms in total. The number of carboxylic acids is 1. The third kappa shape index (κ3) is 15.4. The van der Waals surface area contributed by atoms with Crippen molar-refractivity contribution in [3.63, 3.8) is 0 Å². The minimum absolute atomic E-state index is 0.00206. The molecule has 3 amide bonds. The molecule has 0 radical (unpaired) electrons. The van der Waals surface area contributed by atoms with Crippen molar-refractivity contribution in [1.82, 2.24) is 16.0 Å². The van der Waals surface area contributed by atoms with Gasteiger partial charge in [0.05, 0.1) is 0 Å². The van der Waals surface area contributed by atoms with Crippen molar-refractivity contribution in [1.29, 1.82) is 0 Å². The molecule has 34 heavy (non-hydrogen) atoms. The molecule has 0 spiro atoms. The van der Waals surface area contributed by atoms with E-state index in [9.17, 15) is 29.1 Å². The summed E-state index contributed by atoms with van der Waals surface area (Å²) in [4.78, 5) is 58.5. The van der Waals surface area contributed by atoms with Crippen molar-refractivity contribution in [2.45, 2.75) is 110 Å². The molecule has 0 bridgehead atoms. The molecular formula is C24H44N4O6. The van der Waals surface area contributed by atoms with Crippen LogP contribution in [0.25, 0.3) is 0 Å². The lowest BCUT2D eigenvalue weighted by Crippen LogP contribution is -2.44. The number of carboxylic acid groups (broad SMARTS) is 1. The average molecular weight is 485 g/mol. The highest BCUT2D eigenvalue weighted by Gasteiger charge is 2.20. The molecule has 196 valence electrons. The fourth-order valence-electron chi connectivity index (χ4n) is 3.54. The Bertz CT molecular complexity index is 668. The molecule has 0 fully saturated rings. The largest absolute Gasteiger partial charge is 0.480 e. The van der Waals surface area contributed by atoms with Gasteiger partial charge in [0.2, 0.25) is 17.7 Å². The van der Waals surface area contributed by atoms with Crippen LogP contribution in [0.2, 0.25) is 0 Å². The number of ketones is 1. The first kappa shape index (κ1) is 31.5. The Hall–Kier alpha value is -2.49. The highest BCUT2D eigenvalue weighted by molar-refractivity contribution is 5.86. The Morgan fingerprint density at radius 1 is 0.824 bits per heavy atom. The first-order chi connectivity index (χ1) is 16.0. The van der Waals surface area contributed by atoms with E-state index in [1.54, 1.807) is 0 Å². The normalized spacial score (nSPS) is 13.7. The maximum atomic E-state index is 12.1. The van der Waals surface area contributed by atoms with Crippen molar-refractivity contribution in [2.75, 3.05) is 6.54 Å². The van der Waals surface area contributed by atoms with E-state index in [1.165, 1.54) is 0 Å². The number of carbonyl (C=O) groups is 5. The fourth-order valence-corrected chi connectivity index (χ4v) is 3.54. The second-order valence-corrected chi connectivity index (χ2v) is 9.09. The van der Waals surface area contributed by atoms with Crippen LogP contribution >= 0.6 is 0 Å². The molecule has 0 saturated heterocycles. The quantitative estimate of drug-likeness (QED) is 0.164. The van der Waals surface area contributed by atoms with E-state index in [2.05, 4.69) is 16.0 Å². The maximum Gasteiger partial charge on any atom is 0.320 e. The highest BCUT2D eigenvalue weighted by atomic mass is 16.4. The van der Waals surface area contributed by atoms with Gasteiger partial charge in [-0.15, -0.1) is 0 Å². The van der Waals surface area contributed by atoms with Crippen LogP contribution in [0.3, 0.4) is 0 Å². The third-order valence-electron chi connectivity index (χ3n) is 5.60. The van der Waals surface area contributed by atoms with Crippen LogP contribution in [0.5, 0.6) is 0 Å². The van der Waals surface area contributed by atoms with Gasteiger partial charge >= 0.3 is 5.97 Å². The molecule has 0 rings (SSSR count). The number of nitrogens with two attached hydrogens (primary N) is 1. The van der Waals surface area contributed by atoms with E-state index in [-0.39, 0.29) is 48.8 Å². The van der Waals surface area contributed by atoms with E-state index >= 15 is 0 Å². The van der Waals surface area contributed by atoms with Crippen LogP contribution in [-0.2, 0) is 24.0 Å². The number of Topliss-reactive ketones (excluding diaryl/α,β-unsaturated/α-hetero) is 1. The summed E-state index contributed by atoms with van der Waals surface area (Å²) >= 11 is 0. The summed E-state index contributed by atoms with van der Waals surface area (Å²) in [5, 5.41) is 17.5. The number of primary amides is 1. The van der Waals surface area contributed by atoms with Gasteiger partial charge in [-0.25, -0.2) is 0 Å². The average Bonchev–Trinajstić information content (AvgIpc) is 2.76. The second-order valence-electron chi connectivity index (χ2n) is 9.09.